The lowest BCUT2D eigenvalue weighted by atomic mass is 10.0. The second-order valence-corrected chi connectivity index (χ2v) is 9.03. The van der Waals surface area contributed by atoms with Gasteiger partial charge in [0, 0.05) is 24.2 Å². The van der Waals surface area contributed by atoms with Crippen molar-refractivity contribution in [3.63, 3.8) is 0 Å². The van der Waals surface area contributed by atoms with Crippen molar-refractivity contribution in [1.82, 2.24) is 9.73 Å². The van der Waals surface area contributed by atoms with Gasteiger partial charge in [0.1, 0.15) is 0 Å². The molecule has 148 valence electrons. The highest BCUT2D eigenvalue weighted by Gasteiger charge is 2.27. The van der Waals surface area contributed by atoms with Crippen molar-refractivity contribution >= 4 is 21.6 Å². The van der Waals surface area contributed by atoms with Crippen molar-refractivity contribution in [3.8, 4) is 0 Å². The van der Waals surface area contributed by atoms with E-state index in [0.717, 1.165) is 29.5 Å². The summed E-state index contributed by atoms with van der Waals surface area (Å²) < 4.78 is 26.6. The quantitative estimate of drug-likeness (QED) is 0.619. The van der Waals surface area contributed by atoms with Gasteiger partial charge in [-0.15, -0.1) is 0 Å². The zero-order chi connectivity index (χ0) is 20.3. The smallest absolute Gasteiger partial charge is 0.267 e. The largest absolute Gasteiger partial charge is 0.271 e. The van der Waals surface area contributed by atoms with Gasteiger partial charge < -0.3 is 0 Å². The zero-order valence-electron chi connectivity index (χ0n) is 16.4. The minimum atomic E-state index is -3.48. The number of rotatable bonds is 5. The van der Waals surface area contributed by atoms with Crippen LogP contribution in [0.3, 0.4) is 0 Å². The molecule has 0 atom stereocenters. The number of hydrazone groups is 1. The van der Waals surface area contributed by atoms with Crippen LogP contribution in [0.15, 0.2) is 52.5 Å². The molecule has 0 spiro atoms. The minimum absolute atomic E-state index is 0.209. The third kappa shape index (κ3) is 4.31. The maximum atomic E-state index is 12.6. The lowest BCUT2D eigenvalue weighted by molar-refractivity contribution is 0.0954. The molecule has 1 heterocycles. The summed E-state index contributed by atoms with van der Waals surface area (Å²) in [7, 11) is -3.48. The van der Waals surface area contributed by atoms with Crippen molar-refractivity contribution in [3.05, 3.63) is 64.7 Å². The van der Waals surface area contributed by atoms with Gasteiger partial charge in [0.05, 0.1) is 10.6 Å². The van der Waals surface area contributed by atoms with Crippen molar-refractivity contribution < 1.29 is 13.2 Å². The van der Waals surface area contributed by atoms with E-state index in [9.17, 15) is 13.2 Å². The zero-order valence-corrected chi connectivity index (χ0v) is 17.2. The molecule has 1 saturated heterocycles. The summed E-state index contributed by atoms with van der Waals surface area (Å²) in [5.41, 5.74) is 6.80. The molecule has 1 fully saturated rings. The van der Waals surface area contributed by atoms with E-state index in [1.165, 1.54) is 28.6 Å². The van der Waals surface area contributed by atoms with Gasteiger partial charge in [0.2, 0.25) is 10.0 Å². The molecule has 1 N–H and O–H groups in total. The van der Waals surface area contributed by atoms with Crippen LogP contribution in [0.4, 0.5) is 0 Å². The fraction of sp³-hybridized carbons (Fsp3) is 0.333. The number of carbonyl (C=O) groups is 1. The molecule has 0 unspecified atom stereocenters. The Hall–Kier alpha value is -2.51. The van der Waals surface area contributed by atoms with E-state index in [1.807, 2.05) is 39.0 Å². The Morgan fingerprint density at radius 3 is 2.32 bits per heavy atom. The van der Waals surface area contributed by atoms with Crippen molar-refractivity contribution in [2.75, 3.05) is 13.1 Å². The Balaban J connectivity index is 1.72. The van der Waals surface area contributed by atoms with Crippen molar-refractivity contribution in [1.29, 1.82) is 0 Å². The lowest BCUT2D eigenvalue weighted by Gasteiger charge is -2.15. The Morgan fingerprint density at radius 2 is 1.68 bits per heavy atom. The first-order valence-corrected chi connectivity index (χ1v) is 10.8. The summed E-state index contributed by atoms with van der Waals surface area (Å²) in [5.74, 6) is -0.380. The molecule has 7 heteroatoms. The Morgan fingerprint density at radius 1 is 1.04 bits per heavy atom. The highest BCUT2D eigenvalue weighted by molar-refractivity contribution is 7.89. The lowest BCUT2D eigenvalue weighted by Crippen LogP contribution is -2.28. The summed E-state index contributed by atoms with van der Waals surface area (Å²) in [6, 6.07) is 12.1. The number of amides is 1. The molecule has 0 aromatic heterocycles. The molecule has 1 aliphatic rings. The van der Waals surface area contributed by atoms with Gasteiger partial charge in [-0.1, -0.05) is 17.7 Å². The van der Waals surface area contributed by atoms with Crippen LogP contribution in [0.5, 0.6) is 0 Å². The fourth-order valence-corrected chi connectivity index (χ4v) is 4.76. The van der Waals surface area contributed by atoms with E-state index in [1.54, 1.807) is 0 Å². The van der Waals surface area contributed by atoms with Crippen LogP contribution < -0.4 is 5.43 Å². The van der Waals surface area contributed by atoms with Gasteiger partial charge in [-0.05, 0) is 69.5 Å². The van der Waals surface area contributed by atoms with Gasteiger partial charge in [0.15, 0.2) is 0 Å². The molecular formula is C21H25N3O3S. The van der Waals surface area contributed by atoms with E-state index in [-0.39, 0.29) is 10.8 Å². The number of benzene rings is 2. The SMILES string of the molecule is C/C(=N/NC(=O)c1ccc(S(=O)(=O)N2CCCC2)cc1)c1cc(C)ccc1C. The summed E-state index contributed by atoms with van der Waals surface area (Å²) in [4.78, 5) is 12.6. The first kappa shape index (κ1) is 20.2. The highest BCUT2D eigenvalue weighted by atomic mass is 32.2. The molecule has 1 amide bonds. The van der Waals surface area contributed by atoms with Crippen LogP contribution in [-0.2, 0) is 10.0 Å². The van der Waals surface area contributed by atoms with Crippen molar-refractivity contribution in [2.45, 2.75) is 38.5 Å². The maximum absolute atomic E-state index is 12.6. The maximum Gasteiger partial charge on any atom is 0.271 e. The van der Waals surface area contributed by atoms with Gasteiger partial charge in [0.25, 0.3) is 5.91 Å². The van der Waals surface area contributed by atoms with Crippen LogP contribution in [-0.4, -0.2) is 37.4 Å². The molecule has 2 aromatic carbocycles. The average molecular weight is 400 g/mol. The number of carbonyl (C=O) groups excluding carboxylic acids is 1. The Bertz CT molecular complexity index is 1010. The van der Waals surface area contributed by atoms with E-state index in [4.69, 9.17) is 0 Å². The fourth-order valence-electron chi connectivity index (χ4n) is 3.24. The number of nitrogens with one attached hydrogen (secondary N) is 1. The molecule has 6 nitrogen and oxygen atoms in total. The second kappa shape index (κ2) is 8.24. The topological polar surface area (TPSA) is 78.8 Å². The van der Waals surface area contributed by atoms with Crippen LogP contribution >= 0.6 is 0 Å². The Labute approximate surface area is 166 Å². The minimum Gasteiger partial charge on any atom is -0.267 e. The molecule has 3 rings (SSSR count). The number of aryl methyl sites for hydroxylation is 2. The van der Waals surface area contributed by atoms with Gasteiger partial charge >= 0.3 is 0 Å². The summed E-state index contributed by atoms with van der Waals surface area (Å²) in [6.07, 6.45) is 1.77. The number of sulfonamides is 1. The van der Waals surface area contributed by atoms with Crippen LogP contribution in [0.25, 0.3) is 0 Å². The molecule has 1 aliphatic heterocycles. The van der Waals surface area contributed by atoms with E-state index < -0.39 is 10.0 Å². The van der Waals surface area contributed by atoms with E-state index >= 15 is 0 Å². The van der Waals surface area contributed by atoms with Crippen LogP contribution in [0, 0.1) is 13.8 Å². The molecular weight excluding hydrogens is 374 g/mol. The summed E-state index contributed by atoms with van der Waals surface area (Å²) >= 11 is 0. The van der Waals surface area contributed by atoms with Gasteiger partial charge in [-0.25, -0.2) is 13.8 Å². The van der Waals surface area contributed by atoms with Gasteiger partial charge in [-0.3, -0.25) is 4.79 Å². The number of hydrogen-bond donors (Lipinski definition) is 1. The Kier molecular flexibility index (Phi) is 5.96. The summed E-state index contributed by atoms with van der Waals surface area (Å²) in [6.45, 7) is 6.95. The molecule has 2 aromatic rings. The third-order valence-corrected chi connectivity index (χ3v) is 6.84. The molecule has 0 radical (unpaired) electrons. The number of hydrogen-bond acceptors (Lipinski definition) is 4. The standard InChI is InChI=1S/C21H25N3O3S/c1-15-6-7-16(2)20(14-15)17(3)22-23-21(25)18-8-10-19(11-9-18)28(26,27)24-12-4-5-13-24/h6-11,14H,4-5,12-13H2,1-3H3,(H,23,25)/b22-17-. The normalized spacial score (nSPS) is 15.6. The molecule has 28 heavy (non-hydrogen) atoms. The molecule has 0 bridgehead atoms. The van der Waals surface area contributed by atoms with Crippen LogP contribution in [0.1, 0.15) is 46.8 Å². The van der Waals surface area contributed by atoms with E-state index in [0.29, 0.717) is 24.4 Å². The third-order valence-electron chi connectivity index (χ3n) is 4.93. The first-order chi connectivity index (χ1) is 13.3. The molecule has 0 aliphatic carbocycles. The summed E-state index contributed by atoms with van der Waals surface area (Å²) in [5, 5.41) is 4.20. The van der Waals surface area contributed by atoms with E-state index in [2.05, 4.69) is 10.5 Å². The predicted molar refractivity (Wildman–Crippen MR) is 110 cm³/mol. The van der Waals surface area contributed by atoms with Gasteiger partial charge in [-0.2, -0.15) is 9.41 Å². The predicted octanol–water partition coefficient (Wildman–Crippen LogP) is 3.24. The number of nitrogens with zero attached hydrogens (tertiary/aromatic N) is 2. The van der Waals surface area contributed by atoms with Crippen LogP contribution in [0.2, 0.25) is 0 Å². The van der Waals surface area contributed by atoms with Crippen molar-refractivity contribution in [2.24, 2.45) is 5.10 Å². The molecule has 0 saturated carbocycles. The monoisotopic (exact) mass is 399 g/mol. The second-order valence-electron chi connectivity index (χ2n) is 7.09. The average Bonchev–Trinajstić information content (AvgIpc) is 3.23. The first-order valence-electron chi connectivity index (χ1n) is 9.31. The highest BCUT2D eigenvalue weighted by Crippen LogP contribution is 2.21.